The van der Waals surface area contributed by atoms with Gasteiger partial charge < -0.3 is 14.4 Å². The van der Waals surface area contributed by atoms with E-state index in [-0.39, 0.29) is 5.56 Å². The van der Waals surface area contributed by atoms with Gasteiger partial charge in [-0.2, -0.15) is 0 Å². The van der Waals surface area contributed by atoms with E-state index in [1.807, 2.05) is 13.0 Å². The molecule has 1 aromatic heterocycles. The molecule has 0 saturated carbocycles. The summed E-state index contributed by atoms with van der Waals surface area (Å²) in [6.45, 7) is 5.75. The van der Waals surface area contributed by atoms with Gasteiger partial charge in [0.15, 0.2) is 0 Å². The lowest BCUT2D eigenvalue weighted by Crippen LogP contribution is -2.17. The summed E-state index contributed by atoms with van der Waals surface area (Å²) in [6.07, 6.45) is 1.06. The molecule has 1 saturated heterocycles. The van der Waals surface area contributed by atoms with Crippen LogP contribution in [-0.2, 0) is 4.74 Å². The van der Waals surface area contributed by atoms with E-state index < -0.39 is 5.97 Å². The summed E-state index contributed by atoms with van der Waals surface area (Å²) in [6, 6.07) is 5.43. The summed E-state index contributed by atoms with van der Waals surface area (Å²) in [5.74, 6) is 0.489. The minimum atomic E-state index is -0.920. The second kappa shape index (κ2) is 4.90. The molecule has 0 amide bonds. The lowest BCUT2D eigenvalue weighted by molar-refractivity contribution is 0.0697. The highest BCUT2D eigenvalue weighted by atomic mass is 16.5. The van der Waals surface area contributed by atoms with Crippen molar-refractivity contribution in [3.63, 3.8) is 0 Å². The average Bonchev–Trinajstić information content (AvgIpc) is 3.03. The van der Waals surface area contributed by atoms with Crippen molar-refractivity contribution in [1.29, 1.82) is 0 Å². The van der Waals surface area contributed by atoms with Crippen molar-refractivity contribution in [2.45, 2.75) is 26.3 Å². The van der Waals surface area contributed by atoms with Gasteiger partial charge in [0.2, 0.25) is 0 Å². The highest BCUT2D eigenvalue weighted by Crippen LogP contribution is 2.30. The van der Waals surface area contributed by atoms with Crippen molar-refractivity contribution in [2.24, 2.45) is 5.92 Å². The Balaban J connectivity index is 2.06. The first-order chi connectivity index (χ1) is 9.58. The number of rotatable bonds is 3. The van der Waals surface area contributed by atoms with Crippen molar-refractivity contribution in [2.75, 3.05) is 13.2 Å². The van der Waals surface area contributed by atoms with Gasteiger partial charge in [-0.15, -0.1) is 0 Å². The van der Waals surface area contributed by atoms with Crippen LogP contribution < -0.4 is 0 Å². The maximum atomic E-state index is 11.0. The van der Waals surface area contributed by atoms with E-state index in [0.29, 0.717) is 12.0 Å². The number of fused-ring (bicyclic) bond motifs is 1. The van der Waals surface area contributed by atoms with Crippen LogP contribution in [0, 0.1) is 12.8 Å². The zero-order chi connectivity index (χ0) is 14.3. The molecule has 0 bridgehead atoms. The van der Waals surface area contributed by atoms with Gasteiger partial charge in [-0.25, -0.2) is 9.78 Å². The van der Waals surface area contributed by atoms with Crippen LogP contribution in [-0.4, -0.2) is 33.8 Å². The Morgan fingerprint density at radius 3 is 3.00 bits per heavy atom. The number of aryl methyl sites for hydroxylation is 1. The molecule has 2 unspecified atom stereocenters. The van der Waals surface area contributed by atoms with Crippen molar-refractivity contribution in [3.05, 3.63) is 29.6 Å². The van der Waals surface area contributed by atoms with Gasteiger partial charge in [-0.1, -0.05) is 0 Å². The summed E-state index contributed by atoms with van der Waals surface area (Å²) in [7, 11) is 0. The van der Waals surface area contributed by atoms with E-state index in [9.17, 15) is 4.79 Å². The third kappa shape index (κ3) is 2.08. The molecule has 0 aliphatic carbocycles. The fourth-order valence-electron chi connectivity index (χ4n) is 3.01. The Morgan fingerprint density at radius 2 is 2.35 bits per heavy atom. The molecule has 20 heavy (non-hydrogen) atoms. The third-order valence-electron chi connectivity index (χ3n) is 4.17. The quantitative estimate of drug-likeness (QED) is 0.934. The standard InChI is InChI=1S/C15H18N2O3/c1-9(12-5-6-20-8-12)17-10(2)16-13-7-11(15(18)19)3-4-14(13)17/h3-4,7,9,12H,5-6,8H2,1-2H3,(H,18,19). The molecular formula is C15H18N2O3. The maximum absolute atomic E-state index is 11.0. The van der Waals surface area contributed by atoms with Gasteiger partial charge in [0.25, 0.3) is 0 Å². The van der Waals surface area contributed by atoms with E-state index in [1.54, 1.807) is 12.1 Å². The number of hydrogen-bond donors (Lipinski definition) is 1. The Labute approximate surface area is 117 Å². The van der Waals surface area contributed by atoms with Crippen LogP contribution in [0.1, 0.15) is 35.6 Å². The highest BCUT2D eigenvalue weighted by Gasteiger charge is 2.26. The third-order valence-corrected chi connectivity index (χ3v) is 4.17. The van der Waals surface area contributed by atoms with Crippen molar-refractivity contribution in [1.82, 2.24) is 9.55 Å². The fraction of sp³-hybridized carbons (Fsp3) is 0.467. The molecule has 1 aliphatic heterocycles. The van der Waals surface area contributed by atoms with Crippen molar-refractivity contribution in [3.8, 4) is 0 Å². The average molecular weight is 274 g/mol. The van der Waals surface area contributed by atoms with E-state index in [1.165, 1.54) is 0 Å². The first-order valence-electron chi connectivity index (χ1n) is 6.87. The minimum Gasteiger partial charge on any atom is -0.478 e. The second-order valence-corrected chi connectivity index (χ2v) is 5.40. The summed E-state index contributed by atoms with van der Waals surface area (Å²) in [5.41, 5.74) is 2.01. The van der Waals surface area contributed by atoms with Crippen LogP contribution in [0.5, 0.6) is 0 Å². The zero-order valence-corrected chi connectivity index (χ0v) is 11.7. The predicted molar refractivity (Wildman–Crippen MR) is 75.1 cm³/mol. The smallest absolute Gasteiger partial charge is 0.335 e. The van der Waals surface area contributed by atoms with Gasteiger partial charge >= 0.3 is 5.97 Å². The zero-order valence-electron chi connectivity index (χ0n) is 11.7. The summed E-state index contributed by atoms with van der Waals surface area (Å²) in [5, 5.41) is 9.05. The van der Waals surface area contributed by atoms with Crippen LogP contribution in [0.25, 0.3) is 11.0 Å². The number of benzene rings is 1. The number of nitrogens with zero attached hydrogens (tertiary/aromatic N) is 2. The molecule has 1 aromatic carbocycles. The molecule has 2 heterocycles. The largest absolute Gasteiger partial charge is 0.478 e. The Bertz CT molecular complexity index is 656. The molecule has 2 aromatic rings. The Morgan fingerprint density at radius 1 is 1.55 bits per heavy atom. The predicted octanol–water partition coefficient (Wildman–Crippen LogP) is 2.64. The number of carbonyl (C=O) groups is 1. The Kier molecular flexibility index (Phi) is 3.22. The lowest BCUT2D eigenvalue weighted by atomic mass is 10.00. The molecule has 1 N–H and O–H groups in total. The number of imidazole rings is 1. The SMILES string of the molecule is Cc1nc2cc(C(=O)O)ccc2n1C(C)C1CCOC1. The van der Waals surface area contributed by atoms with Gasteiger partial charge in [0.1, 0.15) is 5.82 Å². The molecule has 1 fully saturated rings. The summed E-state index contributed by atoms with van der Waals surface area (Å²) in [4.78, 5) is 15.5. The maximum Gasteiger partial charge on any atom is 0.335 e. The first-order valence-corrected chi connectivity index (χ1v) is 6.87. The second-order valence-electron chi connectivity index (χ2n) is 5.40. The van der Waals surface area contributed by atoms with Crippen LogP contribution >= 0.6 is 0 Å². The van der Waals surface area contributed by atoms with Gasteiger partial charge in [0.05, 0.1) is 23.2 Å². The Hall–Kier alpha value is -1.88. The van der Waals surface area contributed by atoms with E-state index >= 15 is 0 Å². The summed E-state index contributed by atoms with van der Waals surface area (Å²) < 4.78 is 7.66. The number of carboxylic acids is 1. The molecule has 0 radical (unpaired) electrons. The topological polar surface area (TPSA) is 64.3 Å². The first kappa shape index (κ1) is 13.1. The monoisotopic (exact) mass is 274 g/mol. The number of aromatic carboxylic acids is 1. The van der Waals surface area contributed by atoms with E-state index in [0.717, 1.165) is 36.5 Å². The van der Waals surface area contributed by atoms with Crippen LogP contribution in [0.4, 0.5) is 0 Å². The molecular weight excluding hydrogens is 256 g/mol. The molecule has 5 heteroatoms. The van der Waals surface area contributed by atoms with Crippen LogP contribution in [0.2, 0.25) is 0 Å². The van der Waals surface area contributed by atoms with E-state index in [4.69, 9.17) is 9.84 Å². The van der Waals surface area contributed by atoms with Crippen LogP contribution in [0.3, 0.4) is 0 Å². The molecule has 2 atom stereocenters. The van der Waals surface area contributed by atoms with Crippen molar-refractivity contribution >= 4 is 17.0 Å². The molecule has 5 nitrogen and oxygen atoms in total. The fourth-order valence-corrected chi connectivity index (χ4v) is 3.01. The van der Waals surface area contributed by atoms with Gasteiger partial charge in [0, 0.05) is 18.6 Å². The summed E-state index contributed by atoms with van der Waals surface area (Å²) >= 11 is 0. The van der Waals surface area contributed by atoms with Gasteiger partial charge in [-0.05, 0) is 38.5 Å². The van der Waals surface area contributed by atoms with Gasteiger partial charge in [-0.3, -0.25) is 0 Å². The molecule has 3 rings (SSSR count). The van der Waals surface area contributed by atoms with Crippen molar-refractivity contribution < 1.29 is 14.6 Å². The molecule has 0 spiro atoms. The number of ether oxygens (including phenoxy) is 1. The molecule has 106 valence electrons. The molecule has 1 aliphatic rings. The van der Waals surface area contributed by atoms with Crippen LogP contribution in [0.15, 0.2) is 18.2 Å². The highest BCUT2D eigenvalue weighted by molar-refractivity contribution is 5.92. The minimum absolute atomic E-state index is 0.277. The number of aromatic nitrogens is 2. The van der Waals surface area contributed by atoms with E-state index in [2.05, 4.69) is 16.5 Å². The number of hydrogen-bond acceptors (Lipinski definition) is 3. The lowest BCUT2D eigenvalue weighted by Gasteiger charge is -2.21. The normalized spacial score (nSPS) is 20.4. The number of carboxylic acid groups (broad SMARTS) is 1.